The molecular formula is C7H10Cl6O. The molecule has 0 aromatic heterocycles. The third-order valence-corrected chi connectivity index (χ3v) is 5.50. The van der Waals surface area contributed by atoms with Gasteiger partial charge in [0.25, 0.3) is 0 Å². The van der Waals surface area contributed by atoms with Crippen LogP contribution in [0.3, 0.4) is 0 Å². The van der Waals surface area contributed by atoms with E-state index in [2.05, 4.69) is 0 Å². The summed E-state index contributed by atoms with van der Waals surface area (Å²) in [5.74, 6) is 0. The SMILES string of the molecule is CCCC(Cl)(Cl)C(Cl)(Cl)C(Cl)(Cl)CO. The third-order valence-electron chi connectivity index (χ3n) is 1.68. The van der Waals surface area contributed by atoms with Crippen LogP contribution >= 0.6 is 69.6 Å². The van der Waals surface area contributed by atoms with Crippen LogP contribution in [0.5, 0.6) is 0 Å². The molecule has 0 amide bonds. The fourth-order valence-electron chi connectivity index (χ4n) is 0.838. The number of hydrogen-bond donors (Lipinski definition) is 1. The van der Waals surface area contributed by atoms with E-state index in [-0.39, 0.29) is 0 Å². The van der Waals surface area contributed by atoms with Gasteiger partial charge in [0, 0.05) is 0 Å². The summed E-state index contributed by atoms with van der Waals surface area (Å²) in [6.07, 6.45) is 0.966. The molecule has 0 saturated heterocycles. The molecule has 14 heavy (non-hydrogen) atoms. The molecule has 1 nitrogen and oxygen atoms in total. The molecule has 1 N–H and O–H groups in total. The molecular weight excluding hydrogens is 313 g/mol. The number of halogens is 6. The topological polar surface area (TPSA) is 20.2 Å². The van der Waals surface area contributed by atoms with Gasteiger partial charge < -0.3 is 5.11 Å². The number of alkyl halides is 6. The van der Waals surface area contributed by atoms with Crippen molar-refractivity contribution in [3.8, 4) is 0 Å². The molecule has 0 spiro atoms. The van der Waals surface area contributed by atoms with E-state index in [0.717, 1.165) is 0 Å². The first-order valence-corrected chi connectivity index (χ1v) is 6.13. The Kier molecular flexibility index (Phi) is 6.00. The summed E-state index contributed by atoms with van der Waals surface area (Å²) in [4.78, 5) is 0. The van der Waals surface area contributed by atoms with Gasteiger partial charge in [0.1, 0.15) is 0 Å². The molecule has 0 unspecified atom stereocenters. The van der Waals surface area contributed by atoms with Crippen molar-refractivity contribution in [3.63, 3.8) is 0 Å². The molecule has 0 saturated carbocycles. The maximum absolute atomic E-state index is 8.91. The fraction of sp³-hybridized carbons (Fsp3) is 1.00. The molecule has 0 radical (unpaired) electrons. The van der Waals surface area contributed by atoms with Crippen LogP contribution < -0.4 is 0 Å². The molecule has 7 heteroatoms. The summed E-state index contributed by atoms with van der Waals surface area (Å²) in [6, 6.07) is 0. The smallest absolute Gasteiger partial charge is 0.185 e. The Hall–Kier alpha value is 1.70. The van der Waals surface area contributed by atoms with Gasteiger partial charge in [0.2, 0.25) is 0 Å². The number of aliphatic hydroxyl groups excluding tert-OH is 1. The van der Waals surface area contributed by atoms with Gasteiger partial charge in [-0.15, -0.1) is 0 Å². The van der Waals surface area contributed by atoms with Crippen molar-refractivity contribution in [2.75, 3.05) is 6.61 Å². The molecule has 0 bridgehead atoms. The second kappa shape index (κ2) is 5.35. The van der Waals surface area contributed by atoms with Crippen molar-refractivity contribution in [2.45, 2.75) is 32.8 Å². The van der Waals surface area contributed by atoms with Crippen molar-refractivity contribution in [3.05, 3.63) is 0 Å². The van der Waals surface area contributed by atoms with E-state index >= 15 is 0 Å². The molecule has 0 aliphatic rings. The highest BCUT2D eigenvalue weighted by Gasteiger charge is 2.59. The lowest BCUT2D eigenvalue weighted by Gasteiger charge is -2.39. The van der Waals surface area contributed by atoms with E-state index in [1.165, 1.54) is 0 Å². The summed E-state index contributed by atoms with van der Waals surface area (Å²) in [6.45, 7) is 1.21. The van der Waals surface area contributed by atoms with Crippen LogP contribution in [0.25, 0.3) is 0 Å². The van der Waals surface area contributed by atoms with Gasteiger partial charge in [-0.1, -0.05) is 83.0 Å². The molecule has 0 atom stereocenters. The molecule has 0 aromatic carbocycles. The summed E-state index contributed by atoms with van der Waals surface area (Å²) in [5.41, 5.74) is 0. The zero-order valence-electron chi connectivity index (χ0n) is 7.34. The molecule has 0 heterocycles. The average molecular weight is 323 g/mol. The summed E-state index contributed by atoms with van der Waals surface area (Å²) < 4.78 is -5.18. The fourth-order valence-corrected chi connectivity index (χ4v) is 2.36. The zero-order valence-corrected chi connectivity index (χ0v) is 11.9. The Labute approximate surface area is 114 Å². The first-order chi connectivity index (χ1) is 6.12. The van der Waals surface area contributed by atoms with Crippen LogP contribution in [0.15, 0.2) is 0 Å². The standard InChI is InChI=1S/C7H10Cl6O/c1-2-3-5(8,9)7(12,13)6(10,11)4-14/h14H,2-4H2,1H3. The zero-order chi connectivity index (χ0) is 11.6. The number of aliphatic hydroxyl groups is 1. The predicted molar refractivity (Wildman–Crippen MR) is 65.3 cm³/mol. The maximum Gasteiger partial charge on any atom is 0.185 e. The van der Waals surface area contributed by atoms with Crippen molar-refractivity contribution in [1.82, 2.24) is 0 Å². The van der Waals surface area contributed by atoms with Crippen molar-refractivity contribution < 1.29 is 5.11 Å². The van der Waals surface area contributed by atoms with Crippen LogP contribution in [-0.2, 0) is 0 Å². The molecule has 0 fully saturated rings. The first-order valence-electron chi connectivity index (χ1n) is 3.86. The van der Waals surface area contributed by atoms with Gasteiger partial charge in [-0.25, -0.2) is 0 Å². The van der Waals surface area contributed by atoms with Gasteiger partial charge in [0.05, 0.1) is 6.61 Å². The summed E-state index contributed by atoms with van der Waals surface area (Å²) in [5, 5.41) is 8.91. The molecule has 0 aromatic rings. The highest BCUT2D eigenvalue weighted by Crippen LogP contribution is 2.55. The Morgan fingerprint density at radius 1 is 0.929 bits per heavy atom. The Bertz CT molecular complexity index is 191. The third kappa shape index (κ3) is 3.10. The van der Waals surface area contributed by atoms with E-state index < -0.39 is 19.6 Å². The number of rotatable bonds is 5. The monoisotopic (exact) mass is 320 g/mol. The lowest BCUT2D eigenvalue weighted by Crippen LogP contribution is -2.51. The van der Waals surface area contributed by atoms with Gasteiger partial charge >= 0.3 is 0 Å². The first kappa shape index (κ1) is 15.7. The quantitative estimate of drug-likeness (QED) is 0.748. The van der Waals surface area contributed by atoms with Crippen LogP contribution in [0.1, 0.15) is 19.8 Å². The molecule has 0 aliphatic carbocycles. The molecule has 0 rings (SSSR count). The second-order valence-electron chi connectivity index (χ2n) is 2.89. The highest BCUT2D eigenvalue weighted by molar-refractivity contribution is 6.69. The second-order valence-corrected chi connectivity index (χ2v) is 7.19. The van der Waals surface area contributed by atoms with Crippen molar-refractivity contribution >= 4 is 69.6 Å². The van der Waals surface area contributed by atoms with Gasteiger partial charge in [-0.3, -0.25) is 0 Å². The van der Waals surface area contributed by atoms with Crippen LogP contribution in [-0.4, -0.2) is 24.7 Å². The van der Waals surface area contributed by atoms with E-state index in [1.54, 1.807) is 0 Å². The largest absolute Gasteiger partial charge is 0.393 e. The summed E-state index contributed by atoms with van der Waals surface area (Å²) >= 11 is 35.0. The van der Waals surface area contributed by atoms with Crippen molar-refractivity contribution in [2.24, 2.45) is 0 Å². The Balaban J connectivity index is 4.92. The maximum atomic E-state index is 8.91. The van der Waals surface area contributed by atoms with E-state index in [4.69, 9.17) is 74.7 Å². The van der Waals surface area contributed by atoms with Crippen molar-refractivity contribution in [1.29, 1.82) is 0 Å². The summed E-state index contributed by atoms with van der Waals surface area (Å²) in [7, 11) is 0. The van der Waals surface area contributed by atoms with Gasteiger partial charge in [-0.05, 0) is 6.42 Å². The Morgan fingerprint density at radius 3 is 1.64 bits per heavy atom. The molecule has 0 aliphatic heterocycles. The minimum atomic E-state index is -1.85. The predicted octanol–water partition coefficient (Wildman–Crippen LogP) is 4.30. The van der Waals surface area contributed by atoms with E-state index in [1.807, 2.05) is 6.92 Å². The lowest BCUT2D eigenvalue weighted by atomic mass is 10.1. The lowest BCUT2D eigenvalue weighted by molar-refractivity contribution is 0.264. The highest BCUT2D eigenvalue weighted by atomic mass is 35.5. The number of hydrogen-bond acceptors (Lipinski definition) is 1. The Morgan fingerprint density at radius 2 is 1.36 bits per heavy atom. The minimum Gasteiger partial charge on any atom is -0.393 e. The van der Waals surface area contributed by atoms with E-state index in [0.29, 0.717) is 12.8 Å². The minimum absolute atomic E-state index is 0.310. The van der Waals surface area contributed by atoms with E-state index in [9.17, 15) is 0 Å². The average Bonchev–Trinajstić information content (AvgIpc) is 2.03. The van der Waals surface area contributed by atoms with Crippen LogP contribution in [0.4, 0.5) is 0 Å². The van der Waals surface area contributed by atoms with Crippen LogP contribution in [0.2, 0.25) is 0 Å². The van der Waals surface area contributed by atoms with Crippen LogP contribution in [0, 0.1) is 0 Å². The normalized spacial score (nSPS) is 14.6. The van der Waals surface area contributed by atoms with Gasteiger partial charge in [0.15, 0.2) is 13.0 Å². The molecule has 86 valence electrons. The van der Waals surface area contributed by atoms with Gasteiger partial charge in [-0.2, -0.15) is 0 Å².